The normalized spacial score (nSPS) is 22.3. The fourth-order valence-electron chi connectivity index (χ4n) is 6.36. The van der Waals surface area contributed by atoms with Crippen molar-refractivity contribution >= 4 is 44.7 Å². The smallest absolute Gasteiger partial charge is 0.319 e. The summed E-state index contributed by atoms with van der Waals surface area (Å²) in [7, 11) is -3.95. The average molecular weight is 750 g/mol. The van der Waals surface area contributed by atoms with E-state index in [-0.39, 0.29) is 40.7 Å². The molecule has 2 amide bonds. The predicted octanol–water partition coefficient (Wildman–Crippen LogP) is -0.112. The topological polar surface area (TPSA) is 274 Å². The number of carbonyl (C=O) groups is 1. The highest BCUT2D eigenvalue weighted by molar-refractivity contribution is 7.89. The zero-order valence-electron chi connectivity index (χ0n) is 28.5. The van der Waals surface area contributed by atoms with Gasteiger partial charge < -0.3 is 40.9 Å². The fourth-order valence-corrected chi connectivity index (χ4v) is 6.92. The molecule has 1 unspecified atom stereocenters. The van der Waals surface area contributed by atoms with E-state index in [4.69, 9.17) is 19.8 Å². The monoisotopic (exact) mass is 749 g/mol. The number of tetrazole rings is 1. The lowest BCUT2D eigenvalue weighted by Gasteiger charge is -2.22. The Labute approximate surface area is 303 Å². The number of hydrogen-bond acceptors (Lipinski definition) is 15. The minimum Gasteiger partial charge on any atom is -0.394 e. The number of urea groups is 1. The molecule has 0 radical (unpaired) electrons. The SMILES string of the molecule is CCn1nnc([C@H]2O[C@@H](n3cnc4c(N[C@H](CO)Cc5ccccc5)nc(N5CCC(NC(=O)Nc6cccc(S(N)(=O)=O)c6)C5)nc43)[C@H](O)[C@@H]2O)n1. The Bertz CT molecular complexity index is 2180. The molecule has 0 spiro atoms. The first-order valence-electron chi connectivity index (χ1n) is 16.9. The first-order chi connectivity index (χ1) is 25.5. The van der Waals surface area contributed by atoms with Crippen LogP contribution in [0.5, 0.6) is 0 Å². The lowest BCUT2D eigenvalue weighted by Crippen LogP contribution is -2.40. The van der Waals surface area contributed by atoms with Gasteiger partial charge in [-0.15, -0.1) is 10.2 Å². The molecule has 0 bridgehead atoms. The van der Waals surface area contributed by atoms with Crippen molar-refractivity contribution in [2.24, 2.45) is 5.14 Å². The maximum Gasteiger partial charge on any atom is 0.319 e. The molecule has 8 N–H and O–H groups in total. The van der Waals surface area contributed by atoms with Crippen molar-refractivity contribution in [3.8, 4) is 0 Å². The third kappa shape index (κ3) is 7.75. The van der Waals surface area contributed by atoms with Crippen molar-refractivity contribution in [1.82, 2.24) is 45.0 Å². The number of primary sulfonamides is 1. The van der Waals surface area contributed by atoms with Crippen molar-refractivity contribution in [3.63, 3.8) is 0 Å². The molecule has 6 atom stereocenters. The maximum absolute atomic E-state index is 12.9. The average Bonchev–Trinajstić information content (AvgIpc) is 3.95. The Kier molecular flexibility index (Phi) is 10.2. The predicted molar refractivity (Wildman–Crippen MR) is 189 cm³/mol. The Hall–Kier alpha value is -5.32. The summed E-state index contributed by atoms with van der Waals surface area (Å²) in [5.41, 5.74) is 1.86. The van der Waals surface area contributed by atoms with Gasteiger partial charge >= 0.3 is 6.03 Å². The molecule has 0 saturated carbocycles. The number of nitrogens with two attached hydrogens (primary N) is 1. The van der Waals surface area contributed by atoms with Crippen LogP contribution in [0.4, 0.5) is 22.2 Å². The number of sulfonamides is 1. The Morgan fingerprint density at radius 3 is 2.66 bits per heavy atom. The first kappa shape index (κ1) is 36.1. The molecule has 2 aromatic carbocycles. The number of hydrogen-bond donors (Lipinski definition) is 7. The van der Waals surface area contributed by atoms with Crippen LogP contribution in [0.3, 0.4) is 0 Å². The van der Waals surface area contributed by atoms with Gasteiger partial charge in [-0.25, -0.2) is 23.3 Å². The molecule has 2 fully saturated rings. The highest BCUT2D eigenvalue weighted by atomic mass is 32.2. The number of fused-ring (bicyclic) bond motifs is 1. The summed E-state index contributed by atoms with van der Waals surface area (Å²) in [6.45, 7) is 2.85. The number of aromatic nitrogens is 8. The van der Waals surface area contributed by atoms with Crippen LogP contribution in [-0.4, -0.2) is 113 Å². The number of ether oxygens (including phenoxy) is 1. The van der Waals surface area contributed by atoms with Crippen LogP contribution >= 0.6 is 0 Å². The Morgan fingerprint density at radius 1 is 1.11 bits per heavy atom. The second-order valence-corrected chi connectivity index (χ2v) is 14.3. The van der Waals surface area contributed by atoms with Gasteiger partial charge in [0.1, 0.15) is 12.2 Å². The van der Waals surface area contributed by atoms with E-state index in [1.807, 2.05) is 42.2 Å². The number of rotatable bonds is 12. The number of amides is 2. The van der Waals surface area contributed by atoms with Crippen molar-refractivity contribution in [1.29, 1.82) is 0 Å². The molecule has 2 aliphatic rings. The molecular formula is C32H39N13O7S. The second-order valence-electron chi connectivity index (χ2n) is 12.8. The van der Waals surface area contributed by atoms with Gasteiger partial charge in [0.2, 0.25) is 21.8 Å². The van der Waals surface area contributed by atoms with Gasteiger partial charge in [-0.2, -0.15) is 14.8 Å². The summed E-state index contributed by atoms with van der Waals surface area (Å²) in [5.74, 6) is 0.715. The number of carbonyl (C=O) groups excluding carboxylic acids is 1. The van der Waals surface area contributed by atoms with Gasteiger partial charge in [0.25, 0.3) is 0 Å². The van der Waals surface area contributed by atoms with Crippen molar-refractivity contribution < 1.29 is 33.3 Å². The molecule has 53 heavy (non-hydrogen) atoms. The molecule has 2 aliphatic heterocycles. The summed E-state index contributed by atoms with van der Waals surface area (Å²) in [6, 6.07) is 14.0. The number of aryl methyl sites for hydroxylation is 1. The molecular weight excluding hydrogens is 711 g/mol. The van der Waals surface area contributed by atoms with Crippen LogP contribution in [0.2, 0.25) is 0 Å². The molecule has 280 valence electrons. The minimum absolute atomic E-state index is 0.117. The van der Waals surface area contributed by atoms with E-state index < -0.39 is 46.6 Å². The summed E-state index contributed by atoms with van der Waals surface area (Å²) in [5, 5.41) is 58.7. The summed E-state index contributed by atoms with van der Waals surface area (Å²) < 4.78 is 31.1. The van der Waals surface area contributed by atoms with Crippen LogP contribution in [0.15, 0.2) is 65.8 Å². The second kappa shape index (κ2) is 15.0. The van der Waals surface area contributed by atoms with Gasteiger partial charge in [-0.05, 0) is 48.7 Å². The van der Waals surface area contributed by atoms with Gasteiger partial charge in [-0.1, -0.05) is 36.4 Å². The number of nitrogens with zero attached hydrogens (tertiary/aromatic N) is 9. The summed E-state index contributed by atoms with van der Waals surface area (Å²) >= 11 is 0. The van der Waals surface area contributed by atoms with E-state index in [0.29, 0.717) is 43.8 Å². The summed E-state index contributed by atoms with van der Waals surface area (Å²) in [6.07, 6.45) is -2.55. The lowest BCUT2D eigenvalue weighted by atomic mass is 10.1. The fraction of sp³-hybridized carbons (Fsp3) is 0.406. The van der Waals surface area contributed by atoms with Crippen LogP contribution in [0.25, 0.3) is 11.2 Å². The van der Waals surface area contributed by atoms with Gasteiger partial charge in [0, 0.05) is 24.8 Å². The molecule has 21 heteroatoms. The quantitative estimate of drug-likeness (QED) is 0.0877. The number of aliphatic hydroxyl groups is 3. The number of imidazole rings is 1. The minimum atomic E-state index is -3.95. The molecule has 3 aromatic heterocycles. The Balaban J connectivity index is 1.15. The third-order valence-corrected chi connectivity index (χ3v) is 9.95. The van der Waals surface area contributed by atoms with E-state index in [9.17, 15) is 28.5 Å². The van der Waals surface area contributed by atoms with Crippen LogP contribution < -0.4 is 26.0 Å². The number of nitrogens with one attached hydrogen (secondary N) is 3. The van der Waals surface area contributed by atoms with E-state index in [1.54, 1.807) is 6.07 Å². The number of anilines is 3. The zero-order valence-corrected chi connectivity index (χ0v) is 29.3. The van der Waals surface area contributed by atoms with E-state index in [1.165, 1.54) is 33.9 Å². The van der Waals surface area contributed by atoms with E-state index in [0.717, 1.165) is 5.56 Å². The van der Waals surface area contributed by atoms with Crippen LogP contribution in [0.1, 0.15) is 37.1 Å². The Morgan fingerprint density at radius 2 is 1.92 bits per heavy atom. The summed E-state index contributed by atoms with van der Waals surface area (Å²) in [4.78, 5) is 30.2. The maximum atomic E-state index is 12.9. The lowest BCUT2D eigenvalue weighted by molar-refractivity contribution is -0.0384. The van der Waals surface area contributed by atoms with Crippen LogP contribution in [-0.2, 0) is 27.7 Å². The molecule has 7 rings (SSSR count). The van der Waals surface area contributed by atoms with Crippen molar-refractivity contribution in [2.75, 3.05) is 35.2 Å². The van der Waals surface area contributed by atoms with Gasteiger partial charge in [0.05, 0.1) is 30.4 Å². The number of aliphatic hydroxyl groups excluding tert-OH is 3. The van der Waals surface area contributed by atoms with Gasteiger partial charge in [0.15, 0.2) is 29.3 Å². The highest BCUT2D eigenvalue weighted by Crippen LogP contribution is 2.39. The first-order valence-corrected chi connectivity index (χ1v) is 18.5. The molecule has 0 aliphatic carbocycles. The van der Waals surface area contributed by atoms with Crippen LogP contribution in [0, 0.1) is 0 Å². The molecule has 20 nitrogen and oxygen atoms in total. The van der Waals surface area contributed by atoms with Crippen molar-refractivity contribution in [2.45, 2.75) is 67.8 Å². The third-order valence-electron chi connectivity index (χ3n) is 9.04. The molecule has 2 saturated heterocycles. The van der Waals surface area contributed by atoms with E-state index in [2.05, 4.69) is 36.3 Å². The van der Waals surface area contributed by atoms with E-state index >= 15 is 0 Å². The zero-order chi connectivity index (χ0) is 37.3. The number of benzene rings is 2. The van der Waals surface area contributed by atoms with Crippen molar-refractivity contribution in [3.05, 3.63) is 72.3 Å². The standard InChI is InChI=1S/C32H39N13O7S/c1-2-45-41-28(40-42-45)26-24(47)25(48)30(52-26)44-17-34-23-27(35-21(16-46)13-18-7-4-3-5-8-18)38-31(39-29(23)44)43-12-11-20(15-43)37-32(49)36-19-9-6-10-22(14-19)53(33,50)51/h3-10,14,17,20-21,24-26,30,46-48H,2,11-13,15-16H2,1H3,(H2,33,50,51)(H,35,38,39)(H2,36,37,49)/t20?,21-,24-,25+,26-,30+/m0/s1. The van der Waals surface area contributed by atoms with Gasteiger partial charge in [-0.3, -0.25) is 4.57 Å². The molecule has 5 heterocycles. The largest absolute Gasteiger partial charge is 0.394 e. The molecule has 5 aromatic rings. The highest BCUT2D eigenvalue weighted by Gasteiger charge is 2.47.